The van der Waals surface area contributed by atoms with Gasteiger partial charge >= 0.3 is 11.7 Å². The first-order valence-electron chi connectivity index (χ1n) is 6.27. The zero-order valence-corrected chi connectivity index (χ0v) is 13.6. The lowest BCUT2D eigenvalue weighted by atomic mass is 10.2. The number of aromatic amines is 1. The largest absolute Gasteiger partial charge is 0.460 e. The van der Waals surface area contributed by atoms with E-state index in [1.165, 1.54) is 17.7 Å². The summed E-state index contributed by atoms with van der Waals surface area (Å²) in [4.78, 5) is 39.2. The number of aromatic nitrogens is 2. The fourth-order valence-corrected chi connectivity index (χ4v) is 2.60. The molecule has 118 valence electrons. The smallest absolute Gasteiger partial charge is 0.330 e. The Bertz CT molecular complexity index is 725. The molecule has 1 aliphatic heterocycles. The monoisotopic (exact) mass is 421 g/mol. The van der Waals surface area contributed by atoms with Crippen LogP contribution < -0.4 is 11.2 Å². The molecule has 1 aliphatic rings. The van der Waals surface area contributed by atoms with Gasteiger partial charge < -0.3 is 9.47 Å². The van der Waals surface area contributed by atoms with E-state index < -0.39 is 35.7 Å². The molecule has 0 unspecified atom stereocenters. The molecule has 1 aromatic heterocycles. The number of ether oxygens (including phenoxy) is 2. The van der Waals surface area contributed by atoms with E-state index in [9.17, 15) is 14.4 Å². The predicted octanol–water partition coefficient (Wildman–Crippen LogP) is 0.671. The lowest BCUT2D eigenvalue weighted by molar-refractivity contribution is -0.148. The highest BCUT2D eigenvalue weighted by atomic mass is 127. The highest BCUT2D eigenvalue weighted by molar-refractivity contribution is 14.1. The summed E-state index contributed by atoms with van der Waals surface area (Å²) in [5.74, 6) is -0.497. The summed E-state index contributed by atoms with van der Waals surface area (Å²) in [5, 5.41) is 3.41. The van der Waals surface area contributed by atoms with Crippen LogP contribution in [0.15, 0.2) is 20.9 Å². The molecule has 0 bridgehead atoms. The number of rotatable bonds is 4. The number of esters is 1. The Balaban J connectivity index is 2.28. The zero-order valence-electron chi connectivity index (χ0n) is 11.4. The van der Waals surface area contributed by atoms with Crippen LogP contribution in [-0.4, -0.2) is 34.3 Å². The van der Waals surface area contributed by atoms with Crippen molar-refractivity contribution < 1.29 is 14.3 Å². The van der Waals surface area contributed by atoms with Crippen LogP contribution in [0.4, 0.5) is 0 Å². The van der Waals surface area contributed by atoms with E-state index >= 15 is 0 Å². The summed E-state index contributed by atoms with van der Waals surface area (Å²) in [6.07, 6.45) is -0.424. The fraction of sp³-hybridized carbons (Fsp3) is 0.545. The Morgan fingerprint density at radius 3 is 3.05 bits per heavy atom. The van der Waals surface area contributed by atoms with Gasteiger partial charge in [-0.25, -0.2) is 4.79 Å². The molecular formula is C11H12IN5O5. The summed E-state index contributed by atoms with van der Waals surface area (Å²) < 4.78 is 12.3. The maximum Gasteiger partial charge on any atom is 0.330 e. The van der Waals surface area contributed by atoms with Gasteiger partial charge in [-0.15, -0.1) is 0 Å². The van der Waals surface area contributed by atoms with Crippen LogP contribution in [0.25, 0.3) is 10.4 Å². The van der Waals surface area contributed by atoms with Crippen LogP contribution in [0.2, 0.25) is 0 Å². The van der Waals surface area contributed by atoms with Gasteiger partial charge in [0.1, 0.15) is 18.4 Å². The molecule has 11 heteroatoms. The molecule has 0 radical (unpaired) electrons. The number of carbonyl (C=O) groups excluding carboxylic acids is 1. The van der Waals surface area contributed by atoms with E-state index in [1.807, 2.05) is 0 Å². The molecule has 2 rings (SSSR count). The Hall–Kier alpha value is -1.85. The SMILES string of the molecule is CC(=O)O[C@H]1C[C@H](n2cc(I)c(=O)[nH]c2=O)O[C@@H]1CN=[N+]=[N-]. The molecule has 1 fully saturated rings. The first-order valence-corrected chi connectivity index (χ1v) is 7.34. The maximum absolute atomic E-state index is 11.9. The number of halogens is 1. The van der Waals surface area contributed by atoms with Gasteiger partial charge in [0.2, 0.25) is 0 Å². The number of nitrogens with one attached hydrogen (secondary N) is 1. The second-order valence-electron chi connectivity index (χ2n) is 4.57. The third kappa shape index (κ3) is 3.67. The van der Waals surface area contributed by atoms with Gasteiger partial charge in [0.15, 0.2) is 0 Å². The molecule has 1 aromatic rings. The van der Waals surface area contributed by atoms with Crippen molar-refractivity contribution >= 4 is 28.6 Å². The summed E-state index contributed by atoms with van der Waals surface area (Å²) in [7, 11) is 0. The predicted molar refractivity (Wildman–Crippen MR) is 82.1 cm³/mol. The normalized spacial score (nSPS) is 23.8. The molecular weight excluding hydrogens is 409 g/mol. The Kier molecular flexibility index (Phi) is 5.21. The van der Waals surface area contributed by atoms with Gasteiger partial charge in [-0.2, -0.15) is 0 Å². The van der Waals surface area contributed by atoms with Crippen molar-refractivity contribution in [2.45, 2.75) is 31.8 Å². The second-order valence-corrected chi connectivity index (χ2v) is 5.73. The topological polar surface area (TPSA) is 139 Å². The molecule has 0 amide bonds. The quantitative estimate of drug-likeness (QED) is 0.250. The average Bonchev–Trinajstić information content (AvgIpc) is 2.82. The van der Waals surface area contributed by atoms with Crippen LogP contribution in [0.1, 0.15) is 19.6 Å². The first kappa shape index (κ1) is 16.5. The van der Waals surface area contributed by atoms with Gasteiger partial charge in [-0.1, -0.05) is 5.11 Å². The van der Waals surface area contributed by atoms with Gasteiger partial charge in [0.05, 0.1) is 10.1 Å². The van der Waals surface area contributed by atoms with E-state index in [4.69, 9.17) is 15.0 Å². The van der Waals surface area contributed by atoms with Crippen molar-refractivity contribution in [2.24, 2.45) is 5.11 Å². The van der Waals surface area contributed by atoms with Crippen LogP contribution in [0.5, 0.6) is 0 Å². The lowest BCUT2D eigenvalue weighted by Gasteiger charge is -2.15. The summed E-state index contributed by atoms with van der Waals surface area (Å²) in [6.45, 7) is 1.23. The molecule has 0 spiro atoms. The maximum atomic E-state index is 11.9. The molecule has 1 N–H and O–H groups in total. The van der Waals surface area contributed by atoms with Crippen LogP contribution >= 0.6 is 22.6 Å². The number of H-pyrrole nitrogens is 1. The third-order valence-electron chi connectivity index (χ3n) is 3.06. The molecule has 0 saturated carbocycles. The van der Waals surface area contributed by atoms with Gasteiger partial charge in [-0.05, 0) is 28.1 Å². The number of hydrogen-bond acceptors (Lipinski definition) is 6. The van der Waals surface area contributed by atoms with Crippen molar-refractivity contribution in [2.75, 3.05) is 6.54 Å². The van der Waals surface area contributed by atoms with E-state index in [-0.39, 0.29) is 13.0 Å². The Labute approximate surface area is 137 Å². The fourth-order valence-electron chi connectivity index (χ4n) is 2.16. The number of azide groups is 1. The molecule has 10 nitrogen and oxygen atoms in total. The number of carbonyl (C=O) groups is 1. The molecule has 22 heavy (non-hydrogen) atoms. The van der Waals surface area contributed by atoms with E-state index in [0.717, 1.165) is 0 Å². The van der Waals surface area contributed by atoms with E-state index in [0.29, 0.717) is 3.57 Å². The van der Waals surface area contributed by atoms with Crippen LogP contribution in [-0.2, 0) is 14.3 Å². The van der Waals surface area contributed by atoms with E-state index in [1.54, 1.807) is 22.6 Å². The third-order valence-corrected chi connectivity index (χ3v) is 3.83. The van der Waals surface area contributed by atoms with Crippen molar-refractivity contribution in [3.63, 3.8) is 0 Å². The molecule has 0 aromatic carbocycles. The van der Waals surface area contributed by atoms with Crippen LogP contribution in [0.3, 0.4) is 0 Å². The minimum Gasteiger partial charge on any atom is -0.460 e. The van der Waals surface area contributed by atoms with Gasteiger partial charge in [-0.3, -0.25) is 19.1 Å². The first-order chi connectivity index (χ1) is 10.4. The molecule has 0 aliphatic carbocycles. The van der Waals surface area contributed by atoms with Gasteiger partial charge in [0.25, 0.3) is 5.56 Å². The lowest BCUT2D eigenvalue weighted by Crippen LogP contribution is -2.33. The molecule has 1 saturated heterocycles. The number of hydrogen-bond donors (Lipinski definition) is 1. The summed E-state index contributed by atoms with van der Waals surface area (Å²) >= 11 is 1.80. The summed E-state index contributed by atoms with van der Waals surface area (Å²) in [6, 6.07) is 0. The highest BCUT2D eigenvalue weighted by Crippen LogP contribution is 2.30. The zero-order chi connectivity index (χ0) is 16.3. The second kappa shape index (κ2) is 6.94. The minimum absolute atomic E-state index is 0.0276. The Morgan fingerprint density at radius 2 is 2.41 bits per heavy atom. The standard InChI is InChI=1S/C11H12IN5O5/c1-5(18)21-7-2-9(22-8(7)3-14-16-13)17-4-6(12)10(19)15-11(17)20/h4,7-9H,2-3H2,1H3,(H,15,19,20)/t7-,8+,9+/m0/s1. The average molecular weight is 421 g/mol. The highest BCUT2D eigenvalue weighted by Gasteiger charge is 2.38. The minimum atomic E-state index is -0.721. The van der Waals surface area contributed by atoms with Crippen molar-refractivity contribution in [3.05, 3.63) is 41.0 Å². The summed E-state index contributed by atoms with van der Waals surface area (Å²) in [5.41, 5.74) is 7.28. The molecule has 3 atom stereocenters. The Morgan fingerprint density at radius 1 is 1.68 bits per heavy atom. The van der Waals surface area contributed by atoms with Gasteiger partial charge in [0, 0.05) is 24.5 Å². The number of nitrogens with zero attached hydrogens (tertiary/aromatic N) is 4. The van der Waals surface area contributed by atoms with Crippen molar-refractivity contribution in [1.29, 1.82) is 0 Å². The molecule has 2 heterocycles. The van der Waals surface area contributed by atoms with Crippen LogP contribution in [0, 0.1) is 3.57 Å². The van der Waals surface area contributed by atoms with Crippen molar-refractivity contribution in [3.8, 4) is 0 Å². The van der Waals surface area contributed by atoms with Crippen molar-refractivity contribution in [1.82, 2.24) is 9.55 Å². The van der Waals surface area contributed by atoms with E-state index in [2.05, 4.69) is 15.0 Å².